The SMILES string of the molecule is COc1ccc(C(=O)OCC(=O)Nc2cc(F)ccc2F)cc1OC. The van der Waals surface area contributed by atoms with Crippen LogP contribution < -0.4 is 14.8 Å². The lowest BCUT2D eigenvalue weighted by Gasteiger charge is -2.10. The van der Waals surface area contributed by atoms with E-state index in [0.717, 1.165) is 18.2 Å². The Balaban J connectivity index is 1.97. The summed E-state index contributed by atoms with van der Waals surface area (Å²) in [5, 5.41) is 2.12. The first kappa shape index (κ1) is 18.2. The molecule has 0 fully saturated rings. The van der Waals surface area contributed by atoms with Gasteiger partial charge < -0.3 is 19.5 Å². The molecular formula is C17H15F2NO5. The molecule has 132 valence electrons. The van der Waals surface area contributed by atoms with E-state index in [1.807, 2.05) is 0 Å². The monoisotopic (exact) mass is 351 g/mol. The smallest absolute Gasteiger partial charge is 0.338 e. The molecule has 0 atom stereocenters. The first-order valence-electron chi connectivity index (χ1n) is 7.08. The summed E-state index contributed by atoms with van der Waals surface area (Å²) in [6.45, 7) is -0.664. The van der Waals surface area contributed by atoms with E-state index in [2.05, 4.69) is 5.32 Å². The molecule has 0 saturated carbocycles. The van der Waals surface area contributed by atoms with Crippen molar-refractivity contribution in [2.75, 3.05) is 26.1 Å². The number of halogens is 2. The maximum Gasteiger partial charge on any atom is 0.338 e. The standard InChI is InChI=1S/C17H15F2NO5/c1-23-14-6-3-10(7-15(14)24-2)17(22)25-9-16(21)20-13-8-11(18)4-5-12(13)19/h3-8H,9H2,1-2H3,(H,20,21). The maximum absolute atomic E-state index is 13.4. The van der Waals surface area contributed by atoms with Gasteiger partial charge in [0.05, 0.1) is 25.5 Å². The molecule has 0 aliphatic carbocycles. The fourth-order valence-corrected chi connectivity index (χ4v) is 1.96. The molecule has 0 aliphatic heterocycles. The highest BCUT2D eigenvalue weighted by Crippen LogP contribution is 2.27. The van der Waals surface area contributed by atoms with Gasteiger partial charge in [0.2, 0.25) is 0 Å². The first-order chi connectivity index (χ1) is 11.9. The van der Waals surface area contributed by atoms with Crippen LogP contribution in [0.3, 0.4) is 0 Å². The largest absolute Gasteiger partial charge is 0.493 e. The van der Waals surface area contributed by atoms with Gasteiger partial charge in [-0.1, -0.05) is 0 Å². The molecule has 0 radical (unpaired) electrons. The third-order valence-electron chi connectivity index (χ3n) is 3.16. The minimum atomic E-state index is -0.807. The van der Waals surface area contributed by atoms with Crippen molar-refractivity contribution in [1.82, 2.24) is 0 Å². The van der Waals surface area contributed by atoms with Crippen LogP contribution in [0.15, 0.2) is 36.4 Å². The van der Waals surface area contributed by atoms with Crippen LogP contribution in [-0.4, -0.2) is 32.7 Å². The van der Waals surface area contributed by atoms with Crippen LogP contribution in [-0.2, 0) is 9.53 Å². The summed E-state index contributed by atoms with van der Waals surface area (Å²) < 4.78 is 41.4. The van der Waals surface area contributed by atoms with Gasteiger partial charge in [-0.15, -0.1) is 0 Å². The van der Waals surface area contributed by atoms with Crippen LogP contribution in [0.2, 0.25) is 0 Å². The second kappa shape index (κ2) is 8.09. The highest BCUT2D eigenvalue weighted by molar-refractivity contribution is 5.95. The van der Waals surface area contributed by atoms with Crippen molar-refractivity contribution in [2.45, 2.75) is 0 Å². The van der Waals surface area contributed by atoms with Crippen LogP contribution >= 0.6 is 0 Å². The van der Waals surface area contributed by atoms with Crippen LogP contribution in [0.1, 0.15) is 10.4 Å². The van der Waals surface area contributed by atoms with Crippen LogP contribution in [0, 0.1) is 11.6 Å². The Bertz CT molecular complexity index is 795. The Morgan fingerprint density at radius 2 is 1.72 bits per heavy atom. The molecule has 6 nitrogen and oxygen atoms in total. The Kier molecular flexibility index (Phi) is 5.89. The number of methoxy groups -OCH3 is 2. The summed E-state index contributed by atoms with van der Waals surface area (Å²) >= 11 is 0. The Morgan fingerprint density at radius 1 is 1.00 bits per heavy atom. The van der Waals surface area contributed by atoms with E-state index in [9.17, 15) is 18.4 Å². The predicted octanol–water partition coefficient (Wildman–Crippen LogP) is 2.78. The summed E-state index contributed by atoms with van der Waals surface area (Å²) in [6.07, 6.45) is 0. The lowest BCUT2D eigenvalue weighted by molar-refractivity contribution is -0.119. The number of esters is 1. The van der Waals surface area contributed by atoms with E-state index < -0.39 is 30.1 Å². The van der Waals surface area contributed by atoms with E-state index in [1.165, 1.54) is 32.4 Å². The van der Waals surface area contributed by atoms with E-state index in [4.69, 9.17) is 14.2 Å². The zero-order valence-electron chi connectivity index (χ0n) is 13.5. The fraction of sp³-hybridized carbons (Fsp3) is 0.176. The summed E-state index contributed by atoms with van der Waals surface area (Å²) in [4.78, 5) is 23.7. The number of nitrogens with one attached hydrogen (secondary N) is 1. The minimum absolute atomic E-state index is 0.141. The van der Waals surface area contributed by atoms with Gasteiger partial charge in [-0.05, 0) is 30.3 Å². The van der Waals surface area contributed by atoms with Crippen LogP contribution in [0.5, 0.6) is 11.5 Å². The number of carbonyl (C=O) groups excluding carboxylic acids is 2. The van der Waals surface area contributed by atoms with Gasteiger partial charge in [0, 0.05) is 6.07 Å². The molecule has 1 N–H and O–H groups in total. The third kappa shape index (κ3) is 4.66. The molecule has 25 heavy (non-hydrogen) atoms. The van der Waals surface area contributed by atoms with Crippen molar-refractivity contribution in [3.8, 4) is 11.5 Å². The Hall–Kier alpha value is -3.16. The average Bonchev–Trinajstić information content (AvgIpc) is 2.62. The van der Waals surface area contributed by atoms with Crippen LogP contribution in [0.25, 0.3) is 0 Å². The molecule has 0 bridgehead atoms. The molecular weight excluding hydrogens is 336 g/mol. The molecule has 8 heteroatoms. The van der Waals surface area contributed by atoms with Gasteiger partial charge >= 0.3 is 5.97 Å². The second-order valence-corrected chi connectivity index (χ2v) is 4.82. The number of hydrogen-bond donors (Lipinski definition) is 1. The lowest BCUT2D eigenvalue weighted by Crippen LogP contribution is -2.21. The molecule has 2 rings (SSSR count). The van der Waals surface area contributed by atoms with E-state index in [-0.39, 0.29) is 11.3 Å². The number of rotatable bonds is 6. The normalized spacial score (nSPS) is 10.1. The molecule has 0 saturated heterocycles. The summed E-state index contributed by atoms with van der Waals surface area (Å²) in [6, 6.07) is 6.96. The van der Waals surface area contributed by atoms with Gasteiger partial charge in [0.15, 0.2) is 18.1 Å². The number of benzene rings is 2. The quantitative estimate of drug-likeness (QED) is 0.810. The molecule has 0 spiro atoms. The highest BCUT2D eigenvalue weighted by Gasteiger charge is 2.14. The van der Waals surface area contributed by atoms with Crippen molar-refractivity contribution in [3.05, 3.63) is 53.6 Å². The molecule has 1 amide bonds. The van der Waals surface area contributed by atoms with Crippen molar-refractivity contribution < 1.29 is 32.6 Å². The molecule has 0 aliphatic rings. The molecule has 2 aromatic carbocycles. The lowest BCUT2D eigenvalue weighted by atomic mass is 10.2. The zero-order chi connectivity index (χ0) is 18.4. The Morgan fingerprint density at radius 3 is 2.40 bits per heavy atom. The highest BCUT2D eigenvalue weighted by atomic mass is 19.1. The summed E-state index contributed by atoms with van der Waals surface area (Å²) in [5.74, 6) is -2.35. The topological polar surface area (TPSA) is 73.9 Å². The van der Waals surface area contributed by atoms with E-state index in [1.54, 1.807) is 0 Å². The number of amides is 1. The van der Waals surface area contributed by atoms with Gasteiger partial charge in [0.1, 0.15) is 11.6 Å². The molecule has 0 heterocycles. The van der Waals surface area contributed by atoms with Crippen LogP contribution in [0.4, 0.5) is 14.5 Å². The molecule has 0 unspecified atom stereocenters. The Labute approximate surface area is 142 Å². The van der Waals surface area contributed by atoms with Gasteiger partial charge in [-0.3, -0.25) is 4.79 Å². The maximum atomic E-state index is 13.4. The van der Waals surface area contributed by atoms with Gasteiger partial charge in [-0.2, -0.15) is 0 Å². The van der Waals surface area contributed by atoms with Crippen molar-refractivity contribution in [1.29, 1.82) is 0 Å². The summed E-state index contributed by atoms with van der Waals surface area (Å²) in [5.41, 5.74) is -0.199. The number of carbonyl (C=O) groups is 2. The van der Waals surface area contributed by atoms with E-state index >= 15 is 0 Å². The first-order valence-corrected chi connectivity index (χ1v) is 7.08. The zero-order valence-corrected chi connectivity index (χ0v) is 13.5. The van der Waals surface area contributed by atoms with Crippen molar-refractivity contribution in [3.63, 3.8) is 0 Å². The van der Waals surface area contributed by atoms with Crippen molar-refractivity contribution >= 4 is 17.6 Å². The summed E-state index contributed by atoms with van der Waals surface area (Å²) in [7, 11) is 2.86. The van der Waals surface area contributed by atoms with E-state index in [0.29, 0.717) is 11.5 Å². The van der Waals surface area contributed by atoms with Crippen molar-refractivity contribution in [2.24, 2.45) is 0 Å². The number of ether oxygens (including phenoxy) is 3. The molecule has 2 aromatic rings. The third-order valence-corrected chi connectivity index (χ3v) is 3.16. The second-order valence-electron chi connectivity index (χ2n) is 4.82. The number of anilines is 1. The predicted molar refractivity (Wildman–Crippen MR) is 84.8 cm³/mol. The number of hydrogen-bond acceptors (Lipinski definition) is 5. The fourth-order valence-electron chi connectivity index (χ4n) is 1.96. The average molecular weight is 351 g/mol. The minimum Gasteiger partial charge on any atom is -0.493 e. The van der Waals surface area contributed by atoms with Gasteiger partial charge in [0.25, 0.3) is 5.91 Å². The van der Waals surface area contributed by atoms with Gasteiger partial charge in [-0.25, -0.2) is 13.6 Å². The molecule has 0 aromatic heterocycles.